The van der Waals surface area contributed by atoms with Gasteiger partial charge in [0.15, 0.2) is 5.78 Å². The smallest absolute Gasteiger partial charge is 0.321 e. The maximum Gasteiger partial charge on any atom is 0.321 e. The fourth-order valence-corrected chi connectivity index (χ4v) is 1.72. The summed E-state index contributed by atoms with van der Waals surface area (Å²) >= 11 is 0. The monoisotopic (exact) mass is 264 g/mol. The van der Waals surface area contributed by atoms with Gasteiger partial charge in [0.1, 0.15) is 5.75 Å². The van der Waals surface area contributed by atoms with Gasteiger partial charge in [0.25, 0.3) is 0 Å². The third-order valence-electron chi connectivity index (χ3n) is 2.90. The molecular weight excluding hydrogens is 244 g/mol. The number of anilines is 1. The summed E-state index contributed by atoms with van der Waals surface area (Å²) in [5.74, 6) is 0.438. The van der Waals surface area contributed by atoms with E-state index in [9.17, 15) is 9.59 Å². The summed E-state index contributed by atoms with van der Waals surface area (Å²) in [5.41, 5.74) is 1.11. The van der Waals surface area contributed by atoms with Crippen LogP contribution in [0, 0.1) is 0 Å². The number of Topliss-reactive ketones (excluding diaryl/α,β-unsaturated/α-hetero) is 1. The molecule has 1 aromatic rings. The molecular formula is C14H20N2O3. The first kappa shape index (κ1) is 15.0. The van der Waals surface area contributed by atoms with Crippen LogP contribution in [0.4, 0.5) is 10.5 Å². The minimum atomic E-state index is -0.182. The summed E-state index contributed by atoms with van der Waals surface area (Å²) in [6.45, 7) is 6.59. The van der Waals surface area contributed by atoms with Crippen LogP contribution >= 0.6 is 0 Å². The van der Waals surface area contributed by atoms with Crippen LogP contribution in [0.2, 0.25) is 0 Å². The van der Waals surface area contributed by atoms with Crippen molar-refractivity contribution in [2.45, 2.75) is 20.8 Å². The van der Waals surface area contributed by atoms with Crippen LogP contribution in [0.3, 0.4) is 0 Å². The SMILES string of the molecule is CCN(CC)C(=O)Nc1ccc(C(C)=O)cc1OC. The van der Waals surface area contributed by atoms with Gasteiger partial charge in [-0.05, 0) is 39.0 Å². The summed E-state index contributed by atoms with van der Waals surface area (Å²) < 4.78 is 5.20. The number of rotatable bonds is 5. The highest BCUT2D eigenvalue weighted by atomic mass is 16.5. The minimum absolute atomic E-state index is 0.0417. The first-order valence-corrected chi connectivity index (χ1v) is 6.28. The highest BCUT2D eigenvalue weighted by molar-refractivity contribution is 5.96. The molecule has 5 nitrogen and oxygen atoms in total. The lowest BCUT2D eigenvalue weighted by Gasteiger charge is -2.20. The van der Waals surface area contributed by atoms with Gasteiger partial charge in [0, 0.05) is 18.7 Å². The topological polar surface area (TPSA) is 58.6 Å². The fourth-order valence-electron chi connectivity index (χ4n) is 1.72. The van der Waals surface area contributed by atoms with E-state index in [2.05, 4.69) is 5.32 Å². The molecule has 0 aliphatic rings. The predicted molar refractivity (Wildman–Crippen MR) is 74.9 cm³/mol. The molecule has 0 saturated carbocycles. The van der Waals surface area contributed by atoms with E-state index < -0.39 is 0 Å². The van der Waals surface area contributed by atoms with Crippen molar-refractivity contribution in [3.63, 3.8) is 0 Å². The molecule has 5 heteroatoms. The number of carbonyl (C=O) groups is 2. The molecule has 19 heavy (non-hydrogen) atoms. The zero-order valence-electron chi connectivity index (χ0n) is 11.8. The first-order chi connectivity index (χ1) is 9.03. The van der Waals surface area contributed by atoms with Crippen molar-refractivity contribution in [3.8, 4) is 5.75 Å². The van der Waals surface area contributed by atoms with Crippen LogP contribution in [0.25, 0.3) is 0 Å². The van der Waals surface area contributed by atoms with Crippen molar-refractivity contribution in [2.24, 2.45) is 0 Å². The number of carbonyl (C=O) groups excluding carboxylic acids is 2. The van der Waals surface area contributed by atoms with Crippen molar-refractivity contribution in [1.29, 1.82) is 0 Å². The van der Waals surface area contributed by atoms with Crippen LogP contribution in [-0.2, 0) is 0 Å². The second kappa shape index (κ2) is 6.78. The van der Waals surface area contributed by atoms with Crippen molar-refractivity contribution in [1.82, 2.24) is 4.90 Å². The molecule has 0 fully saturated rings. The number of hydrogen-bond donors (Lipinski definition) is 1. The second-order valence-corrected chi connectivity index (χ2v) is 4.07. The van der Waals surface area contributed by atoms with Crippen LogP contribution in [0.1, 0.15) is 31.1 Å². The normalized spacial score (nSPS) is 9.89. The molecule has 0 radical (unpaired) electrons. The van der Waals surface area contributed by atoms with Crippen molar-refractivity contribution < 1.29 is 14.3 Å². The van der Waals surface area contributed by atoms with E-state index in [1.807, 2.05) is 13.8 Å². The Hall–Kier alpha value is -2.04. The van der Waals surface area contributed by atoms with E-state index in [-0.39, 0.29) is 11.8 Å². The molecule has 0 bridgehead atoms. The molecule has 0 atom stereocenters. The zero-order valence-corrected chi connectivity index (χ0v) is 11.8. The van der Waals surface area contributed by atoms with E-state index in [0.717, 1.165) is 0 Å². The van der Waals surface area contributed by atoms with Crippen molar-refractivity contribution in [2.75, 3.05) is 25.5 Å². The molecule has 0 heterocycles. The van der Waals surface area contributed by atoms with Crippen LogP contribution in [0.5, 0.6) is 5.75 Å². The predicted octanol–water partition coefficient (Wildman–Crippen LogP) is 2.77. The fraction of sp³-hybridized carbons (Fsp3) is 0.429. The number of amides is 2. The molecule has 0 aliphatic carbocycles. The highest BCUT2D eigenvalue weighted by Gasteiger charge is 2.13. The van der Waals surface area contributed by atoms with Gasteiger partial charge in [-0.25, -0.2) is 4.79 Å². The minimum Gasteiger partial charge on any atom is -0.495 e. The molecule has 0 saturated heterocycles. The maximum atomic E-state index is 12.0. The van der Waals surface area contributed by atoms with E-state index in [1.165, 1.54) is 14.0 Å². The average molecular weight is 264 g/mol. The number of ether oxygens (including phenoxy) is 1. The molecule has 1 aromatic carbocycles. The summed E-state index contributed by atoms with van der Waals surface area (Å²) in [7, 11) is 1.51. The Morgan fingerprint density at radius 1 is 1.26 bits per heavy atom. The maximum absolute atomic E-state index is 12.0. The van der Waals surface area contributed by atoms with Gasteiger partial charge >= 0.3 is 6.03 Å². The number of hydrogen-bond acceptors (Lipinski definition) is 3. The Balaban J connectivity index is 2.95. The number of ketones is 1. The summed E-state index contributed by atoms with van der Waals surface area (Å²) in [6, 6.07) is 4.79. The van der Waals surface area contributed by atoms with Gasteiger partial charge in [-0.1, -0.05) is 0 Å². The largest absolute Gasteiger partial charge is 0.495 e. The quantitative estimate of drug-likeness (QED) is 0.832. The molecule has 0 unspecified atom stereocenters. The van der Waals surface area contributed by atoms with Gasteiger partial charge in [-0.3, -0.25) is 4.79 Å². The van der Waals surface area contributed by atoms with Gasteiger partial charge in [0.05, 0.1) is 12.8 Å². The number of urea groups is 1. The van der Waals surface area contributed by atoms with Crippen LogP contribution < -0.4 is 10.1 Å². The molecule has 104 valence electrons. The number of benzene rings is 1. The van der Waals surface area contributed by atoms with Gasteiger partial charge < -0.3 is 15.0 Å². The summed E-state index contributed by atoms with van der Waals surface area (Å²) in [6.07, 6.45) is 0. The van der Waals surface area contributed by atoms with Crippen LogP contribution in [-0.4, -0.2) is 36.9 Å². The van der Waals surface area contributed by atoms with Gasteiger partial charge in [-0.2, -0.15) is 0 Å². The highest BCUT2D eigenvalue weighted by Crippen LogP contribution is 2.26. The average Bonchev–Trinajstić information content (AvgIpc) is 2.40. The van der Waals surface area contributed by atoms with Crippen molar-refractivity contribution in [3.05, 3.63) is 23.8 Å². The summed E-state index contributed by atoms with van der Waals surface area (Å²) in [5, 5.41) is 2.78. The Labute approximate surface area is 113 Å². The number of methoxy groups -OCH3 is 1. The molecule has 0 aliphatic heterocycles. The molecule has 1 rings (SSSR count). The standard InChI is InChI=1S/C14H20N2O3/c1-5-16(6-2)14(18)15-12-8-7-11(10(3)17)9-13(12)19-4/h7-9H,5-6H2,1-4H3,(H,15,18). The van der Waals surface area contributed by atoms with E-state index in [4.69, 9.17) is 4.74 Å². The molecule has 2 amide bonds. The third-order valence-corrected chi connectivity index (χ3v) is 2.90. The zero-order chi connectivity index (χ0) is 14.4. The number of nitrogens with one attached hydrogen (secondary N) is 1. The third kappa shape index (κ3) is 3.71. The lowest BCUT2D eigenvalue weighted by atomic mass is 10.1. The van der Waals surface area contributed by atoms with E-state index in [0.29, 0.717) is 30.1 Å². The van der Waals surface area contributed by atoms with Crippen LogP contribution in [0.15, 0.2) is 18.2 Å². The Bertz CT molecular complexity index is 468. The van der Waals surface area contributed by atoms with Gasteiger partial charge in [-0.15, -0.1) is 0 Å². The summed E-state index contributed by atoms with van der Waals surface area (Å²) in [4.78, 5) is 24.9. The Morgan fingerprint density at radius 2 is 1.89 bits per heavy atom. The Morgan fingerprint density at radius 3 is 2.37 bits per heavy atom. The van der Waals surface area contributed by atoms with E-state index >= 15 is 0 Å². The number of nitrogens with zero attached hydrogens (tertiary/aromatic N) is 1. The molecule has 0 spiro atoms. The lowest BCUT2D eigenvalue weighted by Crippen LogP contribution is -2.34. The molecule has 1 N–H and O–H groups in total. The lowest BCUT2D eigenvalue weighted by molar-refractivity contribution is 0.101. The van der Waals surface area contributed by atoms with Crippen molar-refractivity contribution >= 4 is 17.5 Å². The van der Waals surface area contributed by atoms with Gasteiger partial charge in [0.2, 0.25) is 0 Å². The Kier molecular flexibility index (Phi) is 5.36. The van der Waals surface area contributed by atoms with E-state index in [1.54, 1.807) is 23.1 Å². The first-order valence-electron chi connectivity index (χ1n) is 6.28. The molecule has 0 aromatic heterocycles. The second-order valence-electron chi connectivity index (χ2n) is 4.07.